The molecule has 208 valence electrons. The maximum absolute atomic E-state index is 14.3. The number of halogens is 1. The van der Waals surface area contributed by atoms with Gasteiger partial charge in [-0.3, -0.25) is 14.5 Å². The lowest BCUT2D eigenvalue weighted by atomic mass is 9.84. The number of ether oxygens (including phenoxy) is 1. The van der Waals surface area contributed by atoms with Gasteiger partial charge in [-0.1, -0.05) is 24.8 Å². The predicted molar refractivity (Wildman–Crippen MR) is 156 cm³/mol. The number of amides is 3. The number of rotatable bonds is 7. The second-order valence-corrected chi connectivity index (χ2v) is 11.0. The molecule has 1 saturated heterocycles. The van der Waals surface area contributed by atoms with E-state index in [1.165, 1.54) is 4.90 Å². The Morgan fingerprint density at radius 3 is 2.73 bits per heavy atom. The number of ketones is 1. The maximum atomic E-state index is 14.3. The summed E-state index contributed by atoms with van der Waals surface area (Å²) in [6.07, 6.45) is 1.17. The van der Waals surface area contributed by atoms with Crippen LogP contribution in [0.15, 0.2) is 73.4 Å². The molecule has 2 aliphatic rings. The van der Waals surface area contributed by atoms with Crippen LogP contribution in [0.4, 0.5) is 26.2 Å². The highest BCUT2D eigenvalue weighted by atomic mass is 32.1. The van der Waals surface area contributed by atoms with Crippen molar-refractivity contribution in [2.75, 3.05) is 23.3 Å². The van der Waals surface area contributed by atoms with E-state index in [1.807, 2.05) is 43.3 Å². The fourth-order valence-corrected chi connectivity index (χ4v) is 6.34. The summed E-state index contributed by atoms with van der Waals surface area (Å²) in [5, 5.41) is 9.07. The fraction of sp³-hybridized carbons (Fsp3) is 0.200. The number of hydrogen-bond acceptors (Lipinski definition) is 7. The van der Waals surface area contributed by atoms with Crippen LogP contribution in [0.5, 0.6) is 11.5 Å². The zero-order valence-corrected chi connectivity index (χ0v) is 22.9. The number of carbonyl (C=O) groups excluding carboxylic acids is 3. The number of alkyl halides is 1. The van der Waals surface area contributed by atoms with E-state index >= 15 is 0 Å². The topological polar surface area (TPSA) is 113 Å². The van der Waals surface area contributed by atoms with Gasteiger partial charge in [-0.25, -0.2) is 14.2 Å². The lowest BCUT2D eigenvalue weighted by Crippen LogP contribution is -2.64. The maximum Gasteiger partial charge on any atom is 0.331 e. The third-order valence-corrected chi connectivity index (χ3v) is 8.31. The van der Waals surface area contributed by atoms with Crippen LogP contribution >= 0.6 is 11.3 Å². The molecule has 3 N–H and O–H groups in total. The Balaban J connectivity index is 1.35. The minimum Gasteiger partial charge on any atom is -0.457 e. The number of carbonyl (C=O) groups is 3. The summed E-state index contributed by atoms with van der Waals surface area (Å²) in [5.41, 5.74) is 0.807. The van der Waals surface area contributed by atoms with Gasteiger partial charge in [0.2, 0.25) is 0 Å². The first-order valence-corrected chi connectivity index (χ1v) is 13.8. The van der Waals surface area contributed by atoms with E-state index < -0.39 is 29.4 Å². The molecule has 2 aliphatic heterocycles. The number of nitrogens with one attached hydrogen (secondary N) is 3. The first-order valence-electron chi connectivity index (χ1n) is 13.0. The molecule has 9 nitrogen and oxygen atoms in total. The zero-order chi connectivity index (χ0) is 28.7. The number of piperidine rings is 1. The molecule has 0 saturated carbocycles. The van der Waals surface area contributed by atoms with E-state index in [0.29, 0.717) is 38.8 Å². The van der Waals surface area contributed by atoms with Crippen molar-refractivity contribution in [3.05, 3.63) is 83.9 Å². The number of hydrogen-bond donors (Lipinski definition) is 3. The number of aromatic nitrogens is 1. The Bertz CT molecular complexity index is 1710. The van der Waals surface area contributed by atoms with E-state index in [4.69, 9.17) is 4.74 Å². The quantitative estimate of drug-likeness (QED) is 0.248. The molecule has 4 aromatic rings. The molecule has 0 radical (unpaired) electrons. The van der Waals surface area contributed by atoms with Crippen LogP contribution in [0.3, 0.4) is 0 Å². The molecular formula is C30H26FN5O4S. The number of nitrogens with zero attached hydrogens (tertiary/aromatic N) is 2. The van der Waals surface area contributed by atoms with Crippen molar-refractivity contribution in [2.45, 2.75) is 25.1 Å². The summed E-state index contributed by atoms with van der Waals surface area (Å²) in [5.74, 6) is 0.232. The van der Waals surface area contributed by atoms with Crippen molar-refractivity contribution in [3.63, 3.8) is 0 Å². The van der Waals surface area contributed by atoms with Gasteiger partial charge in [-0.05, 0) is 55.0 Å². The molecule has 0 spiro atoms. The Morgan fingerprint density at radius 2 is 2.00 bits per heavy atom. The minimum atomic E-state index is -1.49. The molecule has 2 aromatic carbocycles. The van der Waals surface area contributed by atoms with Crippen LogP contribution < -0.4 is 25.6 Å². The summed E-state index contributed by atoms with van der Waals surface area (Å²) < 4.78 is 20.3. The van der Waals surface area contributed by atoms with E-state index in [2.05, 4.69) is 27.5 Å². The van der Waals surface area contributed by atoms with Gasteiger partial charge in [0.15, 0.2) is 5.78 Å². The Kier molecular flexibility index (Phi) is 6.76. The zero-order valence-electron chi connectivity index (χ0n) is 22.1. The first-order chi connectivity index (χ1) is 19.8. The predicted octanol–water partition coefficient (Wildman–Crippen LogP) is 5.64. The van der Waals surface area contributed by atoms with Crippen LogP contribution in [-0.4, -0.2) is 47.5 Å². The summed E-state index contributed by atoms with van der Waals surface area (Å²) in [7, 11) is 0. The van der Waals surface area contributed by atoms with Gasteiger partial charge in [0.05, 0.1) is 22.4 Å². The second kappa shape index (κ2) is 10.4. The third-order valence-electron chi connectivity index (χ3n) is 7.21. The van der Waals surface area contributed by atoms with E-state index in [-0.39, 0.29) is 24.4 Å². The van der Waals surface area contributed by atoms with Gasteiger partial charge in [0, 0.05) is 25.7 Å². The van der Waals surface area contributed by atoms with Crippen LogP contribution in [0.1, 0.15) is 21.7 Å². The highest BCUT2D eigenvalue weighted by Crippen LogP contribution is 2.46. The molecule has 2 aromatic heterocycles. The molecule has 6 rings (SSSR count). The molecular weight excluding hydrogens is 545 g/mol. The lowest BCUT2D eigenvalue weighted by Gasteiger charge is -2.37. The van der Waals surface area contributed by atoms with E-state index in [9.17, 15) is 18.8 Å². The summed E-state index contributed by atoms with van der Waals surface area (Å²) in [4.78, 5) is 46.6. The van der Waals surface area contributed by atoms with E-state index in [0.717, 1.165) is 23.0 Å². The first kappa shape index (κ1) is 26.6. The van der Waals surface area contributed by atoms with Gasteiger partial charge in [0.25, 0.3) is 5.91 Å². The number of urea groups is 1. The Morgan fingerprint density at radius 1 is 1.20 bits per heavy atom. The van der Waals surface area contributed by atoms with Gasteiger partial charge in [-0.2, -0.15) is 0 Å². The summed E-state index contributed by atoms with van der Waals surface area (Å²) in [6, 6.07) is 16.1. The number of para-hydroxylation sites is 1. The molecule has 11 heteroatoms. The van der Waals surface area contributed by atoms with Crippen LogP contribution in [0.2, 0.25) is 0 Å². The SMILES string of the molecule is C=CC(=O)[C@]1(NC(=O)c2sc3nccc4c3c2NC(=O)N4c2ccc(Oc3ccccc3)cc2C)CNC[C@H](F)C1. The molecule has 3 amide bonds. The second-order valence-electron chi connectivity index (χ2n) is 9.98. The molecule has 0 aliphatic carbocycles. The third kappa shape index (κ3) is 4.72. The molecule has 0 bridgehead atoms. The van der Waals surface area contributed by atoms with Gasteiger partial charge >= 0.3 is 6.03 Å². The molecule has 2 atom stereocenters. The average Bonchev–Trinajstić information content (AvgIpc) is 3.33. The highest BCUT2D eigenvalue weighted by Gasteiger charge is 2.44. The summed E-state index contributed by atoms with van der Waals surface area (Å²) >= 11 is 1.09. The van der Waals surface area contributed by atoms with Crippen LogP contribution in [0, 0.1) is 6.92 Å². The van der Waals surface area contributed by atoms with Gasteiger partial charge in [0.1, 0.15) is 32.9 Å². The largest absolute Gasteiger partial charge is 0.457 e. The van der Waals surface area contributed by atoms with Crippen LogP contribution in [-0.2, 0) is 4.79 Å². The molecule has 0 unspecified atom stereocenters. The van der Waals surface area contributed by atoms with Gasteiger partial charge < -0.3 is 20.7 Å². The Labute approximate surface area is 239 Å². The molecule has 4 heterocycles. The number of pyridine rings is 1. The minimum absolute atomic E-state index is 0.0666. The van der Waals surface area contributed by atoms with Crippen molar-refractivity contribution in [1.82, 2.24) is 15.6 Å². The van der Waals surface area contributed by atoms with Crippen molar-refractivity contribution in [2.24, 2.45) is 0 Å². The van der Waals surface area contributed by atoms with Crippen molar-refractivity contribution >= 4 is 56.3 Å². The number of anilines is 3. The standard InChI is InChI=1S/C30H26FN5O4S/c1-3-23(37)30(14-18(31)15-32-16-30)35-27(38)26-25-24-22(11-12-33-28(24)41-26)36(29(39)34-25)21-10-9-20(13-17(21)2)40-19-7-5-4-6-8-19/h3-13,18,32H,1,14-16H2,2H3,(H,34,39)(H,35,38)/t18-,30-/m1/s1. The van der Waals surface area contributed by atoms with Crippen molar-refractivity contribution in [3.8, 4) is 11.5 Å². The normalized spacial score (nSPS) is 19.9. The average molecular weight is 572 g/mol. The lowest BCUT2D eigenvalue weighted by molar-refractivity contribution is -0.121. The monoisotopic (exact) mass is 571 g/mol. The Hall–Kier alpha value is -4.61. The van der Waals surface area contributed by atoms with Crippen molar-refractivity contribution in [1.29, 1.82) is 0 Å². The van der Waals surface area contributed by atoms with E-state index in [1.54, 1.807) is 24.4 Å². The number of thiophene rings is 1. The fourth-order valence-electron chi connectivity index (χ4n) is 5.33. The van der Waals surface area contributed by atoms with Gasteiger partial charge in [-0.15, -0.1) is 11.3 Å². The number of aryl methyl sites for hydroxylation is 1. The highest BCUT2D eigenvalue weighted by molar-refractivity contribution is 7.21. The molecule has 41 heavy (non-hydrogen) atoms. The van der Waals surface area contributed by atoms with Crippen molar-refractivity contribution < 1.29 is 23.5 Å². The van der Waals surface area contributed by atoms with Crippen LogP contribution in [0.25, 0.3) is 10.2 Å². The number of benzene rings is 2. The molecule has 1 fully saturated rings. The summed E-state index contributed by atoms with van der Waals surface area (Å²) in [6.45, 7) is 5.57. The smallest absolute Gasteiger partial charge is 0.331 e.